The Bertz CT molecular complexity index is 687. The summed E-state index contributed by atoms with van der Waals surface area (Å²) < 4.78 is 26.7. The quantitative estimate of drug-likeness (QED) is 0.873. The van der Waals surface area contributed by atoms with Gasteiger partial charge in [-0.1, -0.05) is 23.2 Å². The molecule has 1 aromatic carbocycles. The van der Waals surface area contributed by atoms with E-state index in [0.29, 0.717) is 41.7 Å². The second-order valence-electron chi connectivity index (χ2n) is 5.58. The van der Waals surface area contributed by atoms with Crippen molar-refractivity contribution >= 4 is 45.0 Å². The van der Waals surface area contributed by atoms with Crippen LogP contribution in [0.25, 0.3) is 0 Å². The van der Waals surface area contributed by atoms with Gasteiger partial charge in [-0.05, 0) is 31.0 Å². The summed E-state index contributed by atoms with van der Waals surface area (Å²) in [4.78, 5) is 12.3. The first-order chi connectivity index (χ1) is 10.7. The SMILES string of the molecule is CN(C)S(=O)(=O)N1CCC(C(=O)Nc2ccc(Cl)cc2Cl)CC1. The van der Waals surface area contributed by atoms with Gasteiger partial charge < -0.3 is 5.32 Å². The van der Waals surface area contributed by atoms with Crippen LogP contribution in [0.5, 0.6) is 0 Å². The van der Waals surface area contributed by atoms with Crippen molar-refractivity contribution in [3.63, 3.8) is 0 Å². The molecule has 0 bridgehead atoms. The van der Waals surface area contributed by atoms with E-state index >= 15 is 0 Å². The Hall–Kier alpha value is -0.860. The van der Waals surface area contributed by atoms with E-state index in [1.165, 1.54) is 22.7 Å². The second kappa shape index (κ2) is 7.36. The van der Waals surface area contributed by atoms with Crippen molar-refractivity contribution in [1.82, 2.24) is 8.61 Å². The Morgan fingerprint density at radius 2 is 1.87 bits per heavy atom. The Labute approximate surface area is 146 Å². The third kappa shape index (κ3) is 4.36. The molecule has 0 aliphatic carbocycles. The van der Waals surface area contributed by atoms with Gasteiger partial charge in [0.05, 0.1) is 10.7 Å². The standard InChI is InChI=1S/C14H19Cl2N3O3S/c1-18(2)23(21,22)19-7-5-10(6-8-19)14(20)17-13-4-3-11(15)9-12(13)16/h3-4,9-10H,5-8H2,1-2H3,(H,17,20). The van der Waals surface area contributed by atoms with Crippen LogP contribution in [-0.2, 0) is 15.0 Å². The molecular formula is C14H19Cl2N3O3S. The zero-order valence-electron chi connectivity index (χ0n) is 12.9. The van der Waals surface area contributed by atoms with E-state index in [2.05, 4.69) is 5.32 Å². The van der Waals surface area contributed by atoms with Crippen molar-refractivity contribution in [1.29, 1.82) is 0 Å². The van der Waals surface area contributed by atoms with Gasteiger partial charge in [0.1, 0.15) is 0 Å². The lowest BCUT2D eigenvalue weighted by Crippen LogP contribution is -2.46. The first-order valence-corrected chi connectivity index (χ1v) is 9.30. The minimum absolute atomic E-state index is 0.156. The Kier molecular flexibility index (Phi) is 5.91. The van der Waals surface area contributed by atoms with Crippen molar-refractivity contribution in [2.24, 2.45) is 5.92 Å². The Morgan fingerprint density at radius 1 is 1.26 bits per heavy atom. The molecule has 0 spiro atoms. The topological polar surface area (TPSA) is 69.7 Å². The molecule has 0 atom stereocenters. The average Bonchev–Trinajstić information content (AvgIpc) is 2.50. The second-order valence-corrected chi connectivity index (χ2v) is 8.56. The van der Waals surface area contributed by atoms with Crippen LogP contribution in [0.15, 0.2) is 18.2 Å². The number of amides is 1. The molecular weight excluding hydrogens is 361 g/mol. The fourth-order valence-corrected chi connectivity index (χ4v) is 4.00. The molecule has 6 nitrogen and oxygen atoms in total. The minimum atomic E-state index is -3.42. The normalized spacial score (nSPS) is 17.4. The summed E-state index contributed by atoms with van der Waals surface area (Å²) in [5.74, 6) is -0.397. The summed E-state index contributed by atoms with van der Waals surface area (Å²) in [7, 11) is -0.427. The van der Waals surface area contributed by atoms with E-state index in [9.17, 15) is 13.2 Å². The van der Waals surface area contributed by atoms with Crippen LogP contribution in [0.4, 0.5) is 5.69 Å². The first-order valence-electron chi connectivity index (χ1n) is 7.15. The summed E-state index contributed by atoms with van der Waals surface area (Å²) in [5.41, 5.74) is 0.504. The van der Waals surface area contributed by atoms with Crippen LogP contribution in [0.2, 0.25) is 10.0 Å². The van der Waals surface area contributed by atoms with Gasteiger partial charge in [0.25, 0.3) is 10.2 Å². The number of nitrogens with one attached hydrogen (secondary N) is 1. The molecule has 1 heterocycles. The predicted molar refractivity (Wildman–Crippen MR) is 92.0 cm³/mol. The highest BCUT2D eigenvalue weighted by atomic mass is 35.5. The largest absolute Gasteiger partial charge is 0.325 e. The van der Waals surface area contributed by atoms with Gasteiger partial charge >= 0.3 is 0 Å². The van der Waals surface area contributed by atoms with Crippen molar-refractivity contribution in [3.05, 3.63) is 28.2 Å². The number of benzene rings is 1. The Balaban J connectivity index is 1.96. The van der Waals surface area contributed by atoms with Crippen LogP contribution < -0.4 is 5.32 Å². The number of anilines is 1. The molecule has 9 heteroatoms. The zero-order chi connectivity index (χ0) is 17.2. The molecule has 0 saturated carbocycles. The van der Waals surface area contributed by atoms with E-state index < -0.39 is 10.2 Å². The highest BCUT2D eigenvalue weighted by Crippen LogP contribution is 2.27. The van der Waals surface area contributed by atoms with Gasteiger partial charge in [-0.15, -0.1) is 0 Å². The molecule has 0 radical (unpaired) electrons. The summed E-state index contributed by atoms with van der Waals surface area (Å²) in [6.45, 7) is 0.653. The molecule has 1 saturated heterocycles. The first kappa shape index (κ1) is 18.5. The summed E-state index contributed by atoms with van der Waals surface area (Å²) >= 11 is 11.9. The third-order valence-corrected chi connectivity index (χ3v) is 6.29. The molecule has 0 unspecified atom stereocenters. The lowest BCUT2D eigenvalue weighted by atomic mass is 9.97. The van der Waals surface area contributed by atoms with Crippen LogP contribution in [-0.4, -0.2) is 50.1 Å². The number of nitrogens with zero attached hydrogens (tertiary/aromatic N) is 2. The summed E-state index contributed by atoms with van der Waals surface area (Å²) in [6.07, 6.45) is 0.953. The smallest absolute Gasteiger partial charge is 0.281 e. The lowest BCUT2D eigenvalue weighted by Gasteiger charge is -2.32. The molecule has 1 amide bonds. The maximum Gasteiger partial charge on any atom is 0.281 e. The summed E-state index contributed by atoms with van der Waals surface area (Å²) in [6, 6.07) is 4.86. The predicted octanol–water partition coefficient (Wildman–Crippen LogP) is 2.45. The molecule has 23 heavy (non-hydrogen) atoms. The molecule has 1 N–H and O–H groups in total. The Morgan fingerprint density at radius 3 is 2.39 bits per heavy atom. The maximum absolute atomic E-state index is 12.3. The molecule has 2 rings (SSSR count). The van der Waals surface area contributed by atoms with Crippen molar-refractivity contribution in [3.8, 4) is 0 Å². The average molecular weight is 380 g/mol. The van der Waals surface area contributed by atoms with E-state index in [1.54, 1.807) is 18.2 Å². The molecule has 1 aliphatic rings. The minimum Gasteiger partial charge on any atom is -0.325 e. The molecule has 0 aromatic heterocycles. The van der Waals surface area contributed by atoms with Gasteiger partial charge in [0.15, 0.2) is 0 Å². The molecule has 128 valence electrons. The van der Waals surface area contributed by atoms with Gasteiger partial charge in [-0.25, -0.2) is 0 Å². The number of carbonyl (C=O) groups is 1. The highest BCUT2D eigenvalue weighted by molar-refractivity contribution is 7.86. The van der Waals surface area contributed by atoms with Crippen molar-refractivity contribution in [2.75, 3.05) is 32.5 Å². The van der Waals surface area contributed by atoms with E-state index in [0.717, 1.165) is 0 Å². The number of piperidine rings is 1. The van der Waals surface area contributed by atoms with Crippen LogP contribution in [0.3, 0.4) is 0 Å². The van der Waals surface area contributed by atoms with Crippen LogP contribution in [0.1, 0.15) is 12.8 Å². The third-order valence-electron chi connectivity index (χ3n) is 3.80. The van der Waals surface area contributed by atoms with E-state index in [1.807, 2.05) is 0 Å². The van der Waals surface area contributed by atoms with Gasteiger partial charge in [0.2, 0.25) is 5.91 Å². The van der Waals surface area contributed by atoms with Crippen molar-refractivity contribution in [2.45, 2.75) is 12.8 Å². The summed E-state index contributed by atoms with van der Waals surface area (Å²) in [5, 5.41) is 3.64. The van der Waals surface area contributed by atoms with E-state index in [-0.39, 0.29) is 11.8 Å². The fraction of sp³-hybridized carbons (Fsp3) is 0.500. The number of carbonyl (C=O) groups excluding carboxylic acids is 1. The maximum atomic E-state index is 12.3. The lowest BCUT2D eigenvalue weighted by molar-refractivity contribution is -0.120. The fourth-order valence-electron chi connectivity index (χ4n) is 2.41. The van der Waals surface area contributed by atoms with E-state index in [4.69, 9.17) is 23.2 Å². The molecule has 1 fully saturated rings. The van der Waals surface area contributed by atoms with Gasteiger partial charge in [-0.3, -0.25) is 4.79 Å². The number of rotatable bonds is 4. The van der Waals surface area contributed by atoms with Crippen LogP contribution >= 0.6 is 23.2 Å². The number of hydrogen-bond donors (Lipinski definition) is 1. The molecule has 1 aliphatic heterocycles. The van der Waals surface area contributed by atoms with Gasteiger partial charge in [0, 0.05) is 38.1 Å². The van der Waals surface area contributed by atoms with Crippen LogP contribution in [0, 0.1) is 5.92 Å². The highest BCUT2D eigenvalue weighted by Gasteiger charge is 2.32. The monoisotopic (exact) mass is 379 g/mol. The molecule has 1 aromatic rings. The van der Waals surface area contributed by atoms with Gasteiger partial charge in [-0.2, -0.15) is 17.0 Å². The number of halogens is 2. The number of hydrogen-bond acceptors (Lipinski definition) is 3. The zero-order valence-corrected chi connectivity index (χ0v) is 15.2. The van der Waals surface area contributed by atoms with Crippen molar-refractivity contribution < 1.29 is 13.2 Å².